The van der Waals surface area contributed by atoms with Gasteiger partial charge in [-0.2, -0.15) is 0 Å². The first kappa shape index (κ1) is 19.4. The van der Waals surface area contributed by atoms with Crippen molar-refractivity contribution >= 4 is 18.0 Å². The molecule has 0 saturated heterocycles. The standard InChI is InChI=1S/C21H18F4N2O2/c22-14-2-1-3-17(9-14)27(12-28)21(19(29)26-16-10-20(24,25)11-16)7-6-13-8-15(23)4-5-18(13)21/h1-5,8-9,12,16H,6-7,10-11H2,(H,26,29)/t21-/m1/s1. The van der Waals surface area contributed by atoms with Crippen LogP contribution in [-0.4, -0.2) is 24.3 Å². The van der Waals surface area contributed by atoms with E-state index in [9.17, 15) is 27.2 Å². The van der Waals surface area contributed by atoms with E-state index in [4.69, 9.17) is 0 Å². The smallest absolute Gasteiger partial charge is 0.252 e. The van der Waals surface area contributed by atoms with Crippen LogP contribution in [0, 0.1) is 11.6 Å². The number of halogens is 4. The molecule has 2 aliphatic carbocycles. The van der Waals surface area contributed by atoms with Crippen LogP contribution >= 0.6 is 0 Å². The molecule has 4 nitrogen and oxygen atoms in total. The fourth-order valence-electron chi connectivity index (χ4n) is 4.28. The van der Waals surface area contributed by atoms with Crippen molar-refractivity contribution in [1.82, 2.24) is 5.32 Å². The number of fused-ring (bicyclic) bond motifs is 1. The first-order valence-corrected chi connectivity index (χ1v) is 9.23. The molecule has 1 atom stereocenters. The predicted molar refractivity (Wildman–Crippen MR) is 97.5 cm³/mol. The Morgan fingerprint density at radius 2 is 1.83 bits per heavy atom. The lowest BCUT2D eigenvalue weighted by atomic mass is 9.84. The molecule has 0 spiro atoms. The number of hydrogen-bond donors (Lipinski definition) is 1. The van der Waals surface area contributed by atoms with Crippen LogP contribution in [0.3, 0.4) is 0 Å². The van der Waals surface area contributed by atoms with Gasteiger partial charge in [-0.3, -0.25) is 14.5 Å². The molecule has 1 saturated carbocycles. The molecule has 2 aromatic carbocycles. The van der Waals surface area contributed by atoms with Crippen molar-refractivity contribution in [1.29, 1.82) is 0 Å². The number of carbonyl (C=O) groups excluding carboxylic acids is 2. The van der Waals surface area contributed by atoms with Crippen LogP contribution in [-0.2, 0) is 21.5 Å². The van der Waals surface area contributed by atoms with E-state index in [0.29, 0.717) is 24.0 Å². The molecular weight excluding hydrogens is 388 g/mol. The van der Waals surface area contributed by atoms with Crippen molar-refractivity contribution in [2.45, 2.75) is 43.2 Å². The third kappa shape index (κ3) is 3.26. The molecule has 152 valence electrons. The zero-order chi connectivity index (χ0) is 20.8. The normalized spacial score (nSPS) is 22.5. The van der Waals surface area contributed by atoms with Crippen LogP contribution in [0.4, 0.5) is 23.2 Å². The molecule has 4 rings (SSSR count). The molecule has 0 bridgehead atoms. The SMILES string of the molecule is O=CN(c1cccc(F)c1)[C@]1(C(=O)NC2CC(F)(F)C2)CCc2cc(F)ccc21. The van der Waals surface area contributed by atoms with Crippen LogP contribution in [0.2, 0.25) is 0 Å². The van der Waals surface area contributed by atoms with Crippen molar-refractivity contribution < 1.29 is 27.2 Å². The first-order chi connectivity index (χ1) is 13.7. The van der Waals surface area contributed by atoms with Gasteiger partial charge in [0.15, 0.2) is 5.54 Å². The summed E-state index contributed by atoms with van der Waals surface area (Å²) in [4.78, 5) is 26.5. The average molecular weight is 406 g/mol. The number of aryl methyl sites for hydroxylation is 1. The highest BCUT2D eigenvalue weighted by molar-refractivity contribution is 5.98. The molecule has 29 heavy (non-hydrogen) atoms. The van der Waals surface area contributed by atoms with Gasteiger partial charge in [0.1, 0.15) is 11.6 Å². The summed E-state index contributed by atoms with van der Waals surface area (Å²) in [5.41, 5.74) is -0.490. The highest BCUT2D eigenvalue weighted by Gasteiger charge is 2.53. The summed E-state index contributed by atoms with van der Waals surface area (Å²) in [5, 5.41) is 2.60. The van der Waals surface area contributed by atoms with E-state index in [2.05, 4.69) is 5.32 Å². The van der Waals surface area contributed by atoms with Gasteiger partial charge in [-0.25, -0.2) is 17.6 Å². The zero-order valence-electron chi connectivity index (χ0n) is 15.3. The predicted octanol–water partition coefficient (Wildman–Crippen LogP) is 3.68. The Labute approximate surface area is 164 Å². The molecule has 2 aromatic rings. The summed E-state index contributed by atoms with van der Waals surface area (Å²) < 4.78 is 54.0. The Hall–Kier alpha value is -2.90. The molecule has 0 heterocycles. The Kier molecular flexibility index (Phi) is 4.59. The minimum atomic E-state index is -2.82. The van der Waals surface area contributed by atoms with E-state index in [1.807, 2.05) is 0 Å². The molecule has 1 fully saturated rings. The van der Waals surface area contributed by atoms with E-state index in [0.717, 1.165) is 11.0 Å². The Balaban J connectivity index is 1.78. The molecule has 2 amide bonds. The fraction of sp³-hybridized carbons (Fsp3) is 0.333. The number of benzene rings is 2. The zero-order valence-corrected chi connectivity index (χ0v) is 15.3. The van der Waals surface area contributed by atoms with Crippen molar-refractivity contribution in [3.63, 3.8) is 0 Å². The topological polar surface area (TPSA) is 49.4 Å². The highest BCUT2D eigenvalue weighted by Crippen LogP contribution is 2.45. The molecule has 2 aliphatic rings. The quantitative estimate of drug-likeness (QED) is 0.608. The van der Waals surface area contributed by atoms with E-state index in [1.54, 1.807) is 0 Å². The summed E-state index contributed by atoms with van der Waals surface area (Å²) in [6, 6.07) is 8.36. The largest absolute Gasteiger partial charge is 0.351 e. The number of nitrogens with one attached hydrogen (secondary N) is 1. The molecule has 8 heteroatoms. The lowest BCUT2D eigenvalue weighted by molar-refractivity contribution is -0.135. The molecule has 0 aliphatic heterocycles. The highest BCUT2D eigenvalue weighted by atomic mass is 19.3. The molecule has 0 aromatic heterocycles. The lowest BCUT2D eigenvalue weighted by Gasteiger charge is -2.42. The van der Waals surface area contributed by atoms with E-state index < -0.39 is 47.9 Å². The maximum absolute atomic E-state index is 13.8. The second kappa shape index (κ2) is 6.86. The van der Waals surface area contributed by atoms with Gasteiger partial charge in [0, 0.05) is 24.6 Å². The van der Waals surface area contributed by atoms with Crippen molar-refractivity contribution in [3.05, 3.63) is 65.2 Å². The number of rotatable bonds is 5. The monoisotopic (exact) mass is 406 g/mol. The summed E-state index contributed by atoms with van der Waals surface area (Å²) >= 11 is 0. The summed E-state index contributed by atoms with van der Waals surface area (Å²) in [7, 11) is 0. The van der Waals surface area contributed by atoms with Gasteiger partial charge < -0.3 is 5.32 Å². The maximum atomic E-state index is 13.8. The van der Waals surface area contributed by atoms with Crippen LogP contribution in [0.1, 0.15) is 30.4 Å². The van der Waals surface area contributed by atoms with Crippen LogP contribution in [0.15, 0.2) is 42.5 Å². The summed E-state index contributed by atoms with van der Waals surface area (Å²) in [6.07, 6.45) is -0.114. The van der Waals surface area contributed by atoms with E-state index >= 15 is 0 Å². The van der Waals surface area contributed by atoms with Gasteiger partial charge in [0.25, 0.3) is 11.8 Å². The molecule has 0 unspecified atom stereocenters. The molecule has 0 radical (unpaired) electrons. The summed E-state index contributed by atoms with van der Waals surface area (Å²) in [6.45, 7) is 0. The second-order valence-electron chi connectivity index (χ2n) is 7.55. The second-order valence-corrected chi connectivity index (χ2v) is 7.55. The van der Waals surface area contributed by atoms with Crippen molar-refractivity contribution in [2.24, 2.45) is 0 Å². The Morgan fingerprint density at radius 1 is 1.10 bits per heavy atom. The molecular formula is C21H18F4N2O2. The number of amides is 2. The van der Waals surface area contributed by atoms with Gasteiger partial charge in [-0.05, 0) is 54.3 Å². The van der Waals surface area contributed by atoms with Gasteiger partial charge >= 0.3 is 0 Å². The van der Waals surface area contributed by atoms with Gasteiger partial charge in [0.05, 0.1) is 0 Å². The number of hydrogen-bond acceptors (Lipinski definition) is 2. The maximum Gasteiger partial charge on any atom is 0.252 e. The van der Waals surface area contributed by atoms with E-state index in [-0.39, 0.29) is 12.1 Å². The number of alkyl halides is 2. The van der Waals surface area contributed by atoms with Gasteiger partial charge in [-0.15, -0.1) is 0 Å². The molecule has 1 N–H and O–H groups in total. The van der Waals surface area contributed by atoms with Gasteiger partial charge in [0.2, 0.25) is 6.41 Å². The minimum Gasteiger partial charge on any atom is -0.351 e. The minimum absolute atomic E-state index is 0.121. The number of anilines is 1. The first-order valence-electron chi connectivity index (χ1n) is 9.23. The van der Waals surface area contributed by atoms with E-state index in [1.165, 1.54) is 36.4 Å². The third-order valence-electron chi connectivity index (χ3n) is 5.67. The van der Waals surface area contributed by atoms with Crippen LogP contribution in [0.25, 0.3) is 0 Å². The number of nitrogens with zero attached hydrogens (tertiary/aromatic N) is 1. The third-order valence-corrected chi connectivity index (χ3v) is 5.67. The number of carbonyl (C=O) groups is 2. The Morgan fingerprint density at radius 3 is 2.48 bits per heavy atom. The Bertz CT molecular complexity index is 973. The average Bonchev–Trinajstić information content (AvgIpc) is 3.00. The van der Waals surface area contributed by atoms with Crippen LogP contribution in [0.5, 0.6) is 0 Å². The summed E-state index contributed by atoms with van der Waals surface area (Å²) in [5.74, 6) is -4.54. The van der Waals surface area contributed by atoms with Crippen molar-refractivity contribution in [2.75, 3.05) is 4.90 Å². The lowest BCUT2D eigenvalue weighted by Crippen LogP contribution is -2.60. The van der Waals surface area contributed by atoms with Gasteiger partial charge in [-0.1, -0.05) is 12.1 Å². The fourth-order valence-corrected chi connectivity index (χ4v) is 4.28. The van der Waals surface area contributed by atoms with Crippen LogP contribution < -0.4 is 10.2 Å². The van der Waals surface area contributed by atoms with Crippen molar-refractivity contribution in [3.8, 4) is 0 Å².